The van der Waals surface area contributed by atoms with Crippen molar-refractivity contribution >= 4 is 35.9 Å². The van der Waals surface area contributed by atoms with E-state index >= 15 is 0 Å². The zero-order valence-corrected chi connectivity index (χ0v) is 18.6. The first-order valence-corrected chi connectivity index (χ1v) is 9.16. The number of hydrogen-bond donors (Lipinski definition) is 2. The number of aliphatic imine (C=N–C) groups is 1. The van der Waals surface area contributed by atoms with E-state index in [0.717, 1.165) is 45.2 Å². The van der Waals surface area contributed by atoms with E-state index in [0.29, 0.717) is 12.4 Å². The maximum Gasteiger partial charge on any atom is 0.306 e. The number of guanidine groups is 1. The highest BCUT2D eigenvalue weighted by atomic mass is 127. The molecular formula is C20H34IN3O2. The van der Waals surface area contributed by atoms with Crippen molar-refractivity contribution in [1.82, 2.24) is 5.32 Å². The Morgan fingerprint density at radius 1 is 1.12 bits per heavy atom. The predicted molar refractivity (Wildman–Crippen MR) is 119 cm³/mol. The summed E-state index contributed by atoms with van der Waals surface area (Å²) in [5.74, 6) is 0.391. The van der Waals surface area contributed by atoms with Crippen LogP contribution in [0.4, 0.5) is 0 Å². The molecule has 1 aromatic rings. The molecule has 0 aliphatic carbocycles. The molecule has 0 radical (unpaired) electrons. The Balaban J connectivity index is 0.00000625. The summed E-state index contributed by atoms with van der Waals surface area (Å²) in [5.41, 5.74) is 6.75. The number of nitrogens with two attached hydrogens (primary N) is 1. The maximum absolute atomic E-state index is 11.6. The zero-order valence-electron chi connectivity index (χ0n) is 16.3. The van der Waals surface area contributed by atoms with Gasteiger partial charge in [0, 0.05) is 19.5 Å². The van der Waals surface area contributed by atoms with E-state index in [1.165, 1.54) is 5.56 Å². The molecule has 0 unspecified atom stereocenters. The number of carbonyl (C=O) groups excluding carboxylic acids is 1. The van der Waals surface area contributed by atoms with Crippen molar-refractivity contribution in [3.05, 3.63) is 35.9 Å². The van der Waals surface area contributed by atoms with Gasteiger partial charge in [0.15, 0.2) is 5.96 Å². The van der Waals surface area contributed by atoms with Crippen molar-refractivity contribution in [3.8, 4) is 0 Å². The molecule has 0 amide bonds. The van der Waals surface area contributed by atoms with Gasteiger partial charge in [-0.1, -0.05) is 43.2 Å². The Morgan fingerprint density at radius 2 is 1.77 bits per heavy atom. The fourth-order valence-corrected chi connectivity index (χ4v) is 2.36. The van der Waals surface area contributed by atoms with Crippen molar-refractivity contribution in [3.63, 3.8) is 0 Å². The summed E-state index contributed by atoms with van der Waals surface area (Å²) in [6.07, 6.45) is 5.32. The number of hydrogen-bond acceptors (Lipinski definition) is 3. The number of carbonyl (C=O) groups is 1. The van der Waals surface area contributed by atoms with E-state index in [2.05, 4.69) is 22.4 Å². The van der Waals surface area contributed by atoms with Gasteiger partial charge in [0.2, 0.25) is 0 Å². The quantitative estimate of drug-likeness (QED) is 0.176. The molecule has 0 saturated carbocycles. The molecule has 1 rings (SSSR count). The van der Waals surface area contributed by atoms with E-state index in [1.807, 2.05) is 39.0 Å². The molecule has 0 heterocycles. The highest BCUT2D eigenvalue weighted by molar-refractivity contribution is 14.0. The Labute approximate surface area is 175 Å². The molecule has 3 N–H and O–H groups in total. The number of rotatable bonds is 10. The van der Waals surface area contributed by atoms with Crippen LogP contribution in [-0.2, 0) is 16.0 Å². The topological polar surface area (TPSA) is 76.7 Å². The van der Waals surface area contributed by atoms with Gasteiger partial charge >= 0.3 is 5.97 Å². The average molecular weight is 475 g/mol. The van der Waals surface area contributed by atoms with Crippen LogP contribution in [0.5, 0.6) is 0 Å². The largest absolute Gasteiger partial charge is 0.460 e. The molecule has 0 fully saturated rings. The minimum Gasteiger partial charge on any atom is -0.460 e. The molecule has 0 aliphatic heterocycles. The summed E-state index contributed by atoms with van der Waals surface area (Å²) in [4.78, 5) is 15.9. The van der Waals surface area contributed by atoms with Gasteiger partial charge in [0.25, 0.3) is 0 Å². The summed E-state index contributed by atoms with van der Waals surface area (Å²) in [6.45, 7) is 7.18. The first-order valence-electron chi connectivity index (χ1n) is 9.16. The predicted octanol–water partition coefficient (Wildman–Crippen LogP) is 4.04. The Kier molecular flexibility index (Phi) is 13.1. The minimum atomic E-state index is -0.392. The van der Waals surface area contributed by atoms with Gasteiger partial charge in [-0.15, -0.1) is 24.0 Å². The van der Waals surface area contributed by atoms with Crippen LogP contribution in [0.1, 0.15) is 58.4 Å². The Bertz CT molecular complexity index is 528. The van der Waals surface area contributed by atoms with Crippen LogP contribution in [0.25, 0.3) is 0 Å². The zero-order chi connectivity index (χ0) is 18.5. The van der Waals surface area contributed by atoms with Crippen molar-refractivity contribution < 1.29 is 9.53 Å². The van der Waals surface area contributed by atoms with Crippen LogP contribution in [-0.4, -0.2) is 30.6 Å². The second kappa shape index (κ2) is 13.8. The monoisotopic (exact) mass is 475 g/mol. The molecule has 6 heteroatoms. The third-order valence-corrected chi connectivity index (χ3v) is 3.55. The van der Waals surface area contributed by atoms with E-state index < -0.39 is 5.60 Å². The molecule has 148 valence electrons. The van der Waals surface area contributed by atoms with Gasteiger partial charge in [-0.25, -0.2) is 0 Å². The minimum absolute atomic E-state index is 0. The number of esters is 1. The van der Waals surface area contributed by atoms with Crippen LogP contribution in [0.2, 0.25) is 0 Å². The molecule has 0 aromatic heterocycles. The normalized spacial score (nSPS) is 11.6. The lowest BCUT2D eigenvalue weighted by atomic mass is 10.1. The Hall–Kier alpha value is -1.31. The summed E-state index contributed by atoms with van der Waals surface area (Å²) in [5, 5.41) is 3.14. The van der Waals surface area contributed by atoms with Crippen molar-refractivity contribution in [2.45, 2.75) is 64.9 Å². The second-order valence-corrected chi connectivity index (χ2v) is 7.18. The van der Waals surface area contributed by atoms with E-state index in [9.17, 15) is 4.79 Å². The van der Waals surface area contributed by atoms with Gasteiger partial charge in [0.1, 0.15) is 5.60 Å². The van der Waals surface area contributed by atoms with Crippen molar-refractivity contribution in [2.75, 3.05) is 13.1 Å². The van der Waals surface area contributed by atoms with Crippen LogP contribution < -0.4 is 11.1 Å². The summed E-state index contributed by atoms with van der Waals surface area (Å²) in [7, 11) is 0. The molecule has 1 aromatic carbocycles. The number of halogens is 1. The molecule has 0 aliphatic rings. The number of unbranched alkanes of at least 4 members (excludes halogenated alkanes) is 3. The number of nitrogens with zero attached hydrogens (tertiary/aromatic N) is 1. The number of ether oxygens (including phenoxy) is 1. The molecule has 0 bridgehead atoms. The van der Waals surface area contributed by atoms with E-state index in [-0.39, 0.29) is 29.9 Å². The van der Waals surface area contributed by atoms with Crippen LogP contribution in [0.15, 0.2) is 35.3 Å². The lowest BCUT2D eigenvalue weighted by molar-refractivity contribution is -0.154. The smallest absolute Gasteiger partial charge is 0.306 e. The fraction of sp³-hybridized carbons (Fsp3) is 0.600. The molecule has 0 saturated heterocycles. The van der Waals surface area contributed by atoms with E-state index in [1.54, 1.807) is 0 Å². The standard InChI is InChI=1S/C20H33N3O2.HI/c1-20(2,3)25-18(24)13-9-4-5-10-15-22-19(21)23-16-14-17-11-7-6-8-12-17;/h6-8,11-12H,4-5,9-10,13-16H2,1-3H3,(H3,21,22,23);1H. The summed E-state index contributed by atoms with van der Waals surface area (Å²) in [6, 6.07) is 10.3. The first kappa shape index (κ1) is 24.7. The van der Waals surface area contributed by atoms with Crippen molar-refractivity contribution in [2.24, 2.45) is 10.7 Å². The van der Waals surface area contributed by atoms with Gasteiger partial charge in [-0.2, -0.15) is 0 Å². The molecule has 26 heavy (non-hydrogen) atoms. The fourth-order valence-electron chi connectivity index (χ4n) is 2.36. The molecular weight excluding hydrogens is 441 g/mol. The second-order valence-electron chi connectivity index (χ2n) is 7.18. The van der Waals surface area contributed by atoms with Crippen molar-refractivity contribution in [1.29, 1.82) is 0 Å². The van der Waals surface area contributed by atoms with Gasteiger partial charge in [-0.3, -0.25) is 9.79 Å². The SMILES string of the molecule is CC(C)(C)OC(=O)CCCCCCN=C(N)NCCc1ccccc1.I. The van der Waals surface area contributed by atoms with Crippen LogP contribution in [0, 0.1) is 0 Å². The first-order chi connectivity index (χ1) is 11.9. The highest BCUT2D eigenvalue weighted by Crippen LogP contribution is 2.11. The molecule has 0 atom stereocenters. The number of nitrogens with one attached hydrogen (secondary N) is 1. The van der Waals surface area contributed by atoms with Crippen LogP contribution in [0.3, 0.4) is 0 Å². The summed E-state index contributed by atoms with van der Waals surface area (Å²) >= 11 is 0. The molecule has 0 spiro atoms. The van der Waals surface area contributed by atoms with Gasteiger partial charge in [0.05, 0.1) is 0 Å². The maximum atomic E-state index is 11.6. The van der Waals surface area contributed by atoms with Crippen LogP contribution >= 0.6 is 24.0 Å². The van der Waals surface area contributed by atoms with Gasteiger partial charge < -0.3 is 15.8 Å². The molecule has 5 nitrogen and oxygen atoms in total. The number of benzene rings is 1. The van der Waals surface area contributed by atoms with E-state index in [4.69, 9.17) is 10.5 Å². The highest BCUT2D eigenvalue weighted by Gasteiger charge is 2.15. The lowest BCUT2D eigenvalue weighted by Gasteiger charge is -2.19. The lowest BCUT2D eigenvalue weighted by Crippen LogP contribution is -2.33. The summed E-state index contributed by atoms with van der Waals surface area (Å²) < 4.78 is 5.28. The third kappa shape index (κ3) is 13.9. The van der Waals surface area contributed by atoms with Gasteiger partial charge in [-0.05, 0) is 45.6 Å². The Morgan fingerprint density at radius 3 is 2.42 bits per heavy atom. The third-order valence-electron chi connectivity index (χ3n) is 3.55. The average Bonchev–Trinajstić information content (AvgIpc) is 2.53.